The topological polar surface area (TPSA) is 111 Å². The standard InChI is InChI=1S/C50H80NO8P/c1-6-8-10-12-14-16-18-20-22-24-25-27-29-31-33-35-37-39-41-43-50(53)59-48(47-58-60(54,55)57-45-44-51(3,4)5)46-56-49(52)42-40-38-36-34-32-30-28-26-23-21-19-17-15-13-11-9-7-2/h8-11,14-17,20-23,25,27-28,30-31,33,37,39,48H,6-7,12-13,18-19,24,26,29,32,34-36,38,40-47H2,1-5H3/b10-8-,11-9-,16-14-,17-15-,22-20-,23-21-,27-25-,30-28-,33-31-,39-37-. The first-order chi connectivity index (χ1) is 29.0. The van der Waals surface area contributed by atoms with Gasteiger partial charge in [0.25, 0.3) is 7.82 Å². The number of esters is 2. The number of carbonyl (C=O) groups is 2. The normalized spacial score (nSPS) is 14.7. The third-order valence-electron chi connectivity index (χ3n) is 8.49. The van der Waals surface area contributed by atoms with Crippen LogP contribution < -0.4 is 4.89 Å². The lowest BCUT2D eigenvalue weighted by atomic mass is 10.1. The van der Waals surface area contributed by atoms with Gasteiger partial charge in [-0.05, 0) is 89.9 Å². The lowest BCUT2D eigenvalue weighted by Gasteiger charge is -2.28. The van der Waals surface area contributed by atoms with E-state index >= 15 is 0 Å². The Bertz CT molecular complexity index is 1430. The van der Waals surface area contributed by atoms with E-state index in [4.69, 9.17) is 18.5 Å². The van der Waals surface area contributed by atoms with Crippen molar-refractivity contribution in [2.45, 2.75) is 136 Å². The molecule has 0 rings (SSSR count). The van der Waals surface area contributed by atoms with Gasteiger partial charge in [-0.15, -0.1) is 0 Å². The van der Waals surface area contributed by atoms with Crippen molar-refractivity contribution in [2.75, 3.05) is 47.5 Å². The van der Waals surface area contributed by atoms with Crippen LogP contribution >= 0.6 is 7.82 Å². The van der Waals surface area contributed by atoms with Gasteiger partial charge in [0, 0.05) is 12.8 Å². The van der Waals surface area contributed by atoms with Crippen molar-refractivity contribution < 1.29 is 42.1 Å². The van der Waals surface area contributed by atoms with Gasteiger partial charge >= 0.3 is 11.9 Å². The van der Waals surface area contributed by atoms with Gasteiger partial charge in [-0.3, -0.25) is 14.2 Å². The zero-order valence-corrected chi connectivity index (χ0v) is 38.7. The molecular weight excluding hydrogens is 774 g/mol. The monoisotopic (exact) mass is 854 g/mol. The fourth-order valence-corrected chi connectivity index (χ4v) is 5.81. The van der Waals surface area contributed by atoms with Gasteiger partial charge in [-0.2, -0.15) is 0 Å². The summed E-state index contributed by atoms with van der Waals surface area (Å²) in [4.78, 5) is 37.5. The Morgan fingerprint density at radius 2 is 0.933 bits per heavy atom. The van der Waals surface area contributed by atoms with E-state index in [-0.39, 0.29) is 26.1 Å². The molecule has 2 atom stereocenters. The first-order valence-corrected chi connectivity index (χ1v) is 23.7. The highest BCUT2D eigenvalue weighted by Gasteiger charge is 2.21. The van der Waals surface area contributed by atoms with E-state index in [2.05, 4.69) is 123 Å². The summed E-state index contributed by atoms with van der Waals surface area (Å²) in [5, 5.41) is 0. The molecule has 0 aromatic rings. The Hall–Kier alpha value is -3.59. The van der Waals surface area contributed by atoms with Crippen molar-refractivity contribution in [3.05, 3.63) is 122 Å². The number of likely N-dealkylation sites (N-methyl/N-ethyl adjacent to an activating group) is 1. The zero-order valence-electron chi connectivity index (χ0n) is 37.8. The summed E-state index contributed by atoms with van der Waals surface area (Å²) < 4.78 is 33.8. The summed E-state index contributed by atoms with van der Waals surface area (Å²) in [5.74, 6) is -0.975. The quantitative estimate of drug-likeness (QED) is 0.0198. The Labute approximate surface area is 365 Å². The number of phosphoric ester groups is 1. The number of hydrogen-bond donors (Lipinski definition) is 0. The molecule has 0 bridgehead atoms. The molecule has 0 aliphatic rings. The second kappa shape index (κ2) is 40.8. The predicted octanol–water partition coefficient (Wildman–Crippen LogP) is 12.3. The van der Waals surface area contributed by atoms with Crippen LogP contribution in [0.1, 0.15) is 129 Å². The largest absolute Gasteiger partial charge is 0.756 e. The van der Waals surface area contributed by atoms with Crippen LogP contribution in [-0.2, 0) is 32.7 Å². The van der Waals surface area contributed by atoms with Crippen molar-refractivity contribution >= 4 is 19.8 Å². The van der Waals surface area contributed by atoms with Gasteiger partial charge in [-0.1, -0.05) is 148 Å². The van der Waals surface area contributed by atoms with Gasteiger partial charge < -0.3 is 27.9 Å². The van der Waals surface area contributed by atoms with E-state index in [1.807, 2.05) is 33.3 Å². The van der Waals surface area contributed by atoms with Crippen LogP contribution in [-0.4, -0.2) is 70.0 Å². The number of rotatable bonds is 38. The Kier molecular flexibility index (Phi) is 38.4. The minimum Gasteiger partial charge on any atom is -0.756 e. The van der Waals surface area contributed by atoms with Gasteiger partial charge in [0.1, 0.15) is 19.8 Å². The van der Waals surface area contributed by atoms with Gasteiger partial charge in [0.2, 0.25) is 0 Å². The molecule has 9 nitrogen and oxygen atoms in total. The number of ether oxygens (including phenoxy) is 2. The molecule has 338 valence electrons. The Morgan fingerprint density at radius 3 is 1.38 bits per heavy atom. The summed E-state index contributed by atoms with van der Waals surface area (Å²) in [7, 11) is 1.08. The molecule has 0 aromatic carbocycles. The van der Waals surface area contributed by atoms with Crippen molar-refractivity contribution in [3.63, 3.8) is 0 Å². The summed E-state index contributed by atoms with van der Waals surface area (Å²) in [5.41, 5.74) is 0. The smallest absolute Gasteiger partial charge is 0.306 e. The second-order valence-electron chi connectivity index (χ2n) is 15.3. The third-order valence-corrected chi connectivity index (χ3v) is 9.45. The highest BCUT2D eigenvalue weighted by molar-refractivity contribution is 7.45. The van der Waals surface area contributed by atoms with E-state index in [0.29, 0.717) is 23.9 Å². The highest BCUT2D eigenvalue weighted by Crippen LogP contribution is 2.38. The first kappa shape index (κ1) is 56.4. The molecule has 0 radical (unpaired) electrons. The molecule has 0 aliphatic carbocycles. The van der Waals surface area contributed by atoms with Crippen LogP contribution in [0.25, 0.3) is 0 Å². The van der Waals surface area contributed by atoms with E-state index in [1.165, 1.54) is 0 Å². The van der Waals surface area contributed by atoms with Crippen LogP contribution in [0.2, 0.25) is 0 Å². The summed E-state index contributed by atoms with van der Waals surface area (Å²) in [6.45, 7) is 3.84. The first-order valence-electron chi connectivity index (χ1n) is 22.2. The molecule has 0 N–H and O–H groups in total. The summed E-state index contributed by atoms with van der Waals surface area (Å²) in [6, 6.07) is 0. The van der Waals surface area contributed by atoms with Gasteiger partial charge in [0.05, 0.1) is 27.7 Å². The average molecular weight is 854 g/mol. The maximum absolute atomic E-state index is 12.7. The molecule has 60 heavy (non-hydrogen) atoms. The van der Waals surface area contributed by atoms with Crippen molar-refractivity contribution in [1.29, 1.82) is 0 Å². The molecule has 0 amide bonds. The van der Waals surface area contributed by atoms with Crippen LogP contribution in [0.15, 0.2) is 122 Å². The molecule has 0 saturated heterocycles. The van der Waals surface area contributed by atoms with E-state index in [0.717, 1.165) is 89.9 Å². The summed E-state index contributed by atoms with van der Waals surface area (Å²) in [6.07, 6.45) is 56.7. The minimum absolute atomic E-state index is 0.0564. The second-order valence-corrected chi connectivity index (χ2v) is 16.7. The van der Waals surface area contributed by atoms with Crippen molar-refractivity contribution in [2.24, 2.45) is 0 Å². The minimum atomic E-state index is -4.66. The number of carbonyl (C=O) groups excluding carboxylic acids is 2. The predicted molar refractivity (Wildman–Crippen MR) is 249 cm³/mol. The molecule has 0 heterocycles. The van der Waals surface area contributed by atoms with Gasteiger partial charge in [-0.25, -0.2) is 0 Å². The van der Waals surface area contributed by atoms with E-state index in [9.17, 15) is 19.0 Å². The molecule has 0 aromatic heterocycles. The van der Waals surface area contributed by atoms with Crippen LogP contribution in [0.5, 0.6) is 0 Å². The lowest BCUT2D eigenvalue weighted by molar-refractivity contribution is -0.870. The highest BCUT2D eigenvalue weighted by atomic mass is 31.2. The number of hydrogen-bond acceptors (Lipinski definition) is 8. The summed E-state index contributed by atoms with van der Waals surface area (Å²) >= 11 is 0. The number of allylic oxidation sites excluding steroid dienone is 20. The van der Waals surface area contributed by atoms with Crippen molar-refractivity contribution in [1.82, 2.24) is 0 Å². The van der Waals surface area contributed by atoms with Crippen molar-refractivity contribution in [3.8, 4) is 0 Å². The van der Waals surface area contributed by atoms with Crippen LogP contribution in [0, 0.1) is 0 Å². The molecule has 0 aliphatic heterocycles. The maximum Gasteiger partial charge on any atom is 0.306 e. The van der Waals surface area contributed by atoms with Crippen LogP contribution in [0.3, 0.4) is 0 Å². The molecule has 0 saturated carbocycles. The zero-order chi connectivity index (χ0) is 44.3. The van der Waals surface area contributed by atoms with E-state index < -0.39 is 32.5 Å². The molecule has 2 unspecified atom stereocenters. The number of nitrogens with zero attached hydrogens (tertiary/aromatic N) is 1. The number of quaternary nitrogens is 1. The number of unbranched alkanes of at least 4 members (excludes halogenated alkanes) is 4. The Balaban J connectivity index is 4.56. The molecule has 0 fully saturated rings. The SMILES string of the molecule is CC/C=C\C/C=C\C/C=C\C/C=C\C/C=C\C/C=C\CCC(=O)OC(COC(=O)CCCCCC/C=C\C/C=C\C/C=C\C/C=C\CC)COP(=O)([O-])OCC[N+](C)(C)C. The third kappa shape index (κ3) is 44.0. The fourth-order valence-electron chi connectivity index (χ4n) is 5.08. The lowest BCUT2D eigenvalue weighted by Crippen LogP contribution is -2.37. The molecule has 0 spiro atoms. The average Bonchev–Trinajstić information content (AvgIpc) is 3.20. The fraction of sp³-hybridized carbons (Fsp3) is 0.560. The van der Waals surface area contributed by atoms with Gasteiger partial charge in [0.15, 0.2) is 6.10 Å². The maximum atomic E-state index is 12.7. The Morgan fingerprint density at radius 1 is 0.517 bits per heavy atom. The molecule has 10 heteroatoms. The van der Waals surface area contributed by atoms with E-state index in [1.54, 1.807) is 0 Å². The molecular formula is C50H80NO8P. The van der Waals surface area contributed by atoms with Crippen LogP contribution in [0.4, 0.5) is 0 Å². The number of phosphoric acid groups is 1.